The normalized spacial score (nSPS) is 12.6. The van der Waals surface area contributed by atoms with Crippen LogP contribution in [-0.2, 0) is 0 Å². The maximum absolute atomic E-state index is 4.04. The molecule has 0 atom stereocenters. The lowest BCUT2D eigenvalue weighted by atomic mass is 10.1. The summed E-state index contributed by atoms with van der Waals surface area (Å²) in [5, 5.41) is 14.2. The molecule has 5 nitrogen and oxygen atoms in total. The van der Waals surface area contributed by atoms with Crippen LogP contribution in [0.4, 0.5) is 17.1 Å². The van der Waals surface area contributed by atoms with Crippen molar-refractivity contribution in [3.05, 3.63) is 72.8 Å². The Kier molecular flexibility index (Phi) is 3.28. The fourth-order valence-electron chi connectivity index (χ4n) is 3.03. The van der Waals surface area contributed by atoms with Crippen LogP contribution in [0.5, 0.6) is 0 Å². The van der Waals surface area contributed by atoms with Crippen molar-refractivity contribution in [2.75, 3.05) is 4.90 Å². The SMILES string of the molecule is c1ccc2c(c1)Sc1ccccc1N2c1ccc(-c2nn[nH]n2)cc1. The number of anilines is 3. The predicted octanol–water partition coefficient (Wildman–Crippen LogP) is 4.80. The molecule has 1 N–H and O–H groups in total. The maximum Gasteiger partial charge on any atom is 0.204 e. The molecule has 0 unspecified atom stereocenters. The Balaban J connectivity index is 1.64. The van der Waals surface area contributed by atoms with Gasteiger partial charge in [-0.25, -0.2) is 0 Å². The second-order valence-electron chi connectivity index (χ2n) is 5.66. The van der Waals surface area contributed by atoms with Gasteiger partial charge in [0.1, 0.15) is 0 Å². The number of nitrogens with zero attached hydrogens (tertiary/aromatic N) is 4. The van der Waals surface area contributed by atoms with Crippen LogP contribution in [0.25, 0.3) is 11.4 Å². The summed E-state index contributed by atoms with van der Waals surface area (Å²) in [6.45, 7) is 0. The molecule has 1 aliphatic rings. The van der Waals surface area contributed by atoms with Gasteiger partial charge in [0.2, 0.25) is 5.82 Å². The molecule has 6 heteroatoms. The minimum absolute atomic E-state index is 0.599. The molecule has 0 bridgehead atoms. The Morgan fingerprint density at radius 3 is 2.00 bits per heavy atom. The number of benzene rings is 3. The van der Waals surface area contributed by atoms with E-state index in [1.54, 1.807) is 0 Å². The highest BCUT2D eigenvalue weighted by Gasteiger charge is 2.24. The van der Waals surface area contributed by atoms with Gasteiger partial charge in [-0.15, -0.1) is 10.2 Å². The molecule has 25 heavy (non-hydrogen) atoms. The second-order valence-corrected chi connectivity index (χ2v) is 6.74. The van der Waals surface area contributed by atoms with Crippen LogP contribution in [0, 0.1) is 0 Å². The van der Waals surface area contributed by atoms with Gasteiger partial charge in [0.25, 0.3) is 0 Å². The number of H-pyrrole nitrogens is 1. The lowest BCUT2D eigenvalue weighted by Gasteiger charge is -2.32. The van der Waals surface area contributed by atoms with E-state index in [-0.39, 0.29) is 0 Å². The quantitative estimate of drug-likeness (QED) is 0.499. The van der Waals surface area contributed by atoms with Gasteiger partial charge >= 0.3 is 0 Å². The van der Waals surface area contributed by atoms with Crippen molar-refractivity contribution >= 4 is 28.8 Å². The zero-order valence-electron chi connectivity index (χ0n) is 13.1. The Bertz CT molecular complexity index is 982. The van der Waals surface area contributed by atoms with E-state index in [2.05, 4.69) is 86.2 Å². The van der Waals surface area contributed by atoms with E-state index in [1.807, 2.05) is 23.9 Å². The number of para-hydroxylation sites is 2. The summed E-state index contributed by atoms with van der Waals surface area (Å²) in [4.78, 5) is 4.80. The number of aromatic nitrogens is 4. The summed E-state index contributed by atoms with van der Waals surface area (Å²) < 4.78 is 0. The summed E-state index contributed by atoms with van der Waals surface area (Å²) in [6, 6.07) is 25.2. The lowest BCUT2D eigenvalue weighted by molar-refractivity contribution is 0.881. The van der Waals surface area contributed by atoms with Gasteiger partial charge in [-0.2, -0.15) is 5.21 Å². The third kappa shape index (κ3) is 2.38. The number of hydrogen-bond donors (Lipinski definition) is 1. The minimum Gasteiger partial charge on any atom is -0.308 e. The Hall–Kier alpha value is -3.12. The molecule has 120 valence electrons. The van der Waals surface area contributed by atoms with Crippen molar-refractivity contribution in [1.29, 1.82) is 0 Å². The molecular formula is C19H13N5S. The van der Waals surface area contributed by atoms with Crippen LogP contribution in [0.15, 0.2) is 82.6 Å². The molecular weight excluding hydrogens is 330 g/mol. The molecule has 1 aromatic heterocycles. The number of hydrogen-bond acceptors (Lipinski definition) is 5. The molecule has 0 fully saturated rings. The smallest absolute Gasteiger partial charge is 0.204 e. The standard InChI is InChI=1S/C19H13N5S/c1-3-7-17-15(5-1)24(16-6-2-4-8-18(16)25-17)14-11-9-13(10-12-14)19-20-22-23-21-19/h1-12H,(H,20,21,22,23). The van der Waals surface area contributed by atoms with Gasteiger partial charge in [-0.3, -0.25) is 0 Å². The minimum atomic E-state index is 0.599. The van der Waals surface area contributed by atoms with E-state index in [0.29, 0.717) is 5.82 Å². The zero-order chi connectivity index (χ0) is 16.6. The van der Waals surface area contributed by atoms with E-state index >= 15 is 0 Å². The number of rotatable bonds is 2. The van der Waals surface area contributed by atoms with Crippen LogP contribution in [-0.4, -0.2) is 20.6 Å². The third-order valence-electron chi connectivity index (χ3n) is 4.16. The van der Waals surface area contributed by atoms with Crippen LogP contribution in [0.1, 0.15) is 0 Å². The monoisotopic (exact) mass is 343 g/mol. The first-order chi connectivity index (χ1) is 12.4. The first-order valence-corrected chi connectivity index (χ1v) is 8.72. The highest BCUT2D eigenvalue weighted by Crippen LogP contribution is 2.51. The first-order valence-electron chi connectivity index (χ1n) is 7.90. The molecule has 0 saturated heterocycles. The zero-order valence-corrected chi connectivity index (χ0v) is 13.9. The summed E-state index contributed by atoms with van der Waals surface area (Å²) in [5.41, 5.74) is 4.43. The topological polar surface area (TPSA) is 57.7 Å². The largest absolute Gasteiger partial charge is 0.308 e. The molecule has 0 spiro atoms. The van der Waals surface area contributed by atoms with Gasteiger partial charge in [0, 0.05) is 21.0 Å². The Labute approximate surface area is 148 Å². The lowest BCUT2D eigenvalue weighted by Crippen LogP contribution is -2.14. The van der Waals surface area contributed by atoms with E-state index in [4.69, 9.17) is 0 Å². The van der Waals surface area contributed by atoms with E-state index in [9.17, 15) is 0 Å². The summed E-state index contributed by atoms with van der Waals surface area (Å²) >= 11 is 1.81. The molecule has 0 saturated carbocycles. The fourth-order valence-corrected chi connectivity index (χ4v) is 4.08. The van der Waals surface area contributed by atoms with Crippen molar-refractivity contribution < 1.29 is 0 Å². The van der Waals surface area contributed by atoms with E-state index < -0.39 is 0 Å². The Morgan fingerprint density at radius 2 is 1.40 bits per heavy atom. The third-order valence-corrected chi connectivity index (χ3v) is 5.29. The van der Waals surface area contributed by atoms with Crippen LogP contribution in [0.3, 0.4) is 0 Å². The molecule has 0 amide bonds. The van der Waals surface area contributed by atoms with Gasteiger partial charge in [0.05, 0.1) is 11.4 Å². The molecule has 4 aromatic rings. The van der Waals surface area contributed by atoms with Crippen LogP contribution >= 0.6 is 11.8 Å². The molecule has 2 heterocycles. The second kappa shape index (κ2) is 5.75. The maximum atomic E-state index is 4.04. The van der Waals surface area contributed by atoms with Gasteiger partial charge in [-0.05, 0) is 53.7 Å². The summed E-state index contributed by atoms with van der Waals surface area (Å²) in [7, 11) is 0. The van der Waals surface area contributed by atoms with Crippen molar-refractivity contribution in [2.24, 2.45) is 0 Å². The highest BCUT2D eigenvalue weighted by molar-refractivity contribution is 7.99. The predicted molar refractivity (Wildman–Crippen MR) is 98.4 cm³/mol. The summed E-state index contributed by atoms with van der Waals surface area (Å²) in [6.07, 6.45) is 0. The van der Waals surface area contributed by atoms with Crippen molar-refractivity contribution in [3.8, 4) is 11.4 Å². The average Bonchev–Trinajstić information content (AvgIpc) is 3.21. The number of aromatic amines is 1. The molecule has 5 rings (SSSR count). The molecule has 0 radical (unpaired) electrons. The molecule has 0 aliphatic carbocycles. The average molecular weight is 343 g/mol. The number of nitrogens with one attached hydrogen (secondary N) is 1. The van der Waals surface area contributed by atoms with Crippen molar-refractivity contribution in [2.45, 2.75) is 9.79 Å². The summed E-state index contributed by atoms with van der Waals surface area (Å²) in [5.74, 6) is 0.599. The van der Waals surface area contributed by atoms with E-state index in [0.717, 1.165) is 11.3 Å². The van der Waals surface area contributed by atoms with Crippen LogP contribution < -0.4 is 4.90 Å². The van der Waals surface area contributed by atoms with Gasteiger partial charge in [-0.1, -0.05) is 36.0 Å². The van der Waals surface area contributed by atoms with Crippen LogP contribution in [0.2, 0.25) is 0 Å². The molecule has 1 aliphatic heterocycles. The first kappa shape index (κ1) is 14.2. The van der Waals surface area contributed by atoms with Gasteiger partial charge < -0.3 is 4.90 Å². The Morgan fingerprint density at radius 1 is 0.760 bits per heavy atom. The van der Waals surface area contributed by atoms with Crippen molar-refractivity contribution in [3.63, 3.8) is 0 Å². The molecule has 3 aromatic carbocycles. The van der Waals surface area contributed by atoms with Gasteiger partial charge in [0.15, 0.2) is 0 Å². The number of fused-ring (bicyclic) bond motifs is 2. The van der Waals surface area contributed by atoms with E-state index in [1.165, 1.54) is 21.2 Å². The number of tetrazole rings is 1. The fraction of sp³-hybridized carbons (Fsp3) is 0. The highest BCUT2D eigenvalue weighted by atomic mass is 32.2. The van der Waals surface area contributed by atoms with Crippen molar-refractivity contribution in [1.82, 2.24) is 20.6 Å².